The molecule has 2 aliphatic carbocycles. The molecule has 6 nitrogen and oxygen atoms in total. The third-order valence-corrected chi connectivity index (χ3v) is 9.99. The number of piperidine rings is 2. The maximum absolute atomic E-state index is 14.1. The topological polar surface area (TPSA) is 42.1 Å². The first-order valence-electron chi connectivity index (χ1n) is 16.4. The standard InChI is InChI=1S/C16H24F3N3.C16H26FN3/c1-2-3-13-10-20-22(11-13)14-4-8-21(9-5-14)12-15(6-7-15)16(17,18)19;1-2-4-14-11-18-20(12-14)15-5-9-19(10-6-15)13-16(17)7-3-8-16/h10-11,14H,2-9,12H2,1H3;11-12,15H,2-10,13H2,1H3. The quantitative estimate of drug-likeness (QED) is 0.273. The molecule has 0 bridgehead atoms. The van der Waals surface area contributed by atoms with Gasteiger partial charge < -0.3 is 9.80 Å². The minimum Gasteiger partial charge on any atom is -0.302 e. The molecule has 0 amide bonds. The maximum Gasteiger partial charge on any atom is 0.395 e. The summed E-state index contributed by atoms with van der Waals surface area (Å²) in [6.45, 7) is 8.69. The smallest absolute Gasteiger partial charge is 0.302 e. The van der Waals surface area contributed by atoms with Crippen LogP contribution in [0.3, 0.4) is 0 Å². The highest BCUT2D eigenvalue weighted by Gasteiger charge is 2.63. The van der Waals surface area contributed by atoms with Gasteiger partial charge in [-0.05, 0) is 81.8 Å². The summed E-state index contributed by atoms with van der Waals surface area (Å²) in [5.74, 6) is 0. The van der Waals surface area contributed by atoms with Gasteiger partial charge in [0.05, 0.1) is 29.9 Å². The van der Waals surface area contributed by atoms with Gasteiger partial charge in [0, 0.05) is 51.7 Å². The average Bonchev–Trinajstić information content (AvgIpc) is 3.36. The second-order valence-corrected chi connectivity index (χ2v) is 13.5. The molecule has 4 heterocycles. The number of alkyl halides is 4. The maximum atomic E-state index is 14.1. The van der Waals surface area contributed by atoms with Gasteiger partial charge in [0.1, 0.15) is 5.67 Å². The predicted molar refractivity (Wildman–Crippen MR) is 157 cm³/mol. The van der Waals surface area contributed by atoms with E-state index >= 15 is 0 Å². The van der Waals surface area contributed by atoms with Crippen molar-refractivity contribution in [1.82, 2.24) is 29.4 Å². The van der Waals surface area contributed by atoms with Gasteiger partial charge >= 0.3 is 6.18 Å². The Morgan fingerprint density at radius 3 is 1.55 bits per heavy atom. The van der Waals surface area contributed by atoms with Crippen molar-refractivity contribution in [1.29, 1.82) is 0 Å². The van der Waals surface area contributed by atoms with Gasteiger partial charge in [-0.1, -0.05) is 26.7 Å². The van der Waals surface area contributed by atoms with Crippen molar-refractivity contribution >= 4 is 0 Å². The van der Waals surface area contributed by atoms with Crippen molar-refractivity contribution in [3.63, 3.8) is 0 Å². The van der Waals surface area contributed by atoms with Crippen LogP contribution >= 0.6 is 0 Å². The fourth-order valence-corrected chi connectivity index (χ4v) is 6.90. The summed E-state index contributed by atoms with van der Waals surface area (Å²) in [7, 11) is 0. The van der Waals surface area contributed by atoms with E-state index in [2.05, 4.69) is 46.0 Å². The van der Waals surface area contributed by atoms with Crippen LogP contribution in [0, 0.1) is 5.41 Å². The molecule has 0 radical (unpaired) electrons. The fourth-order valence-electron chi connectivity index (χ4n) is 6.90. The Labute approximate surface area is 248 Å². The summed E-state index contributed by atoms with van der Waals surface area (Å²) in [4.78, 5) is 4.31. The Balaban J connectivity index is 0.000000169. The molecule has 0 atom stereocenters. The molecule has 10 heteroatoms. The Kier molecular flexibility index (Phi) is 10.0. The van der Waals surface area contributed by atoms with Crippen molar-refractivity contribution in [3.05, 3.63) is 35.9 Å². The van der Waals surface area contributed by atoms with Crippen LogP contribution < -0.4 is 0 Å². The minimum absolute atomic E-state index is 0.184. The number of aryl methyl sites for hydroxylation is 2. The van der Waals surface area contributed by atoms with E-state index in [0.29, 0.717) is 31.5 Å². The number of nitrogens with zero attached hydrogens (tertiary/aromatic N) is 6. The van der Waals surface area contributed by atoms with Crippen LogP contribution in [0.15, 0.2) is 24.8 Å². The highest BCUT2D eigenvalue weighted by Crippen LogP contribution is 2.58. The molecule has 236 valence electrons. The van der Waals surface area contributed by atoms with Crippen LogP contribution in [0.5, 0.6) is 0 Å². The summed E-state index contributed by atoms with van der Waals surface area (Å²) >= 11 is 0. The molecular weight excluding hydrogens is 544 g/mol. The third-order valence-electron chi connectivity index (χ3n) is 9.99. The summed E-state index contributed by atoms with van der Waals surface area (Å²) in [6.07, 6.45) is 15.8. The molecule has 0 unspecified atom stereocenters. The molecule has 4 fully saturated rings. The largest absolute Gasteiger partial charge is 0.395 e. The van der Waals surface area contributed by atoms with Crippen molar-refractivity contribution in [2.45, 2.75) is 121 Å². The van der Waals surface area contributed by atoms with Gasteiger partial charge in [-0.3, -0.25) is 9.36 Å². The van der Waals surface area contributed by atoms with Crippen LogP contribution in [0.1, 0.15) is 108 Å². The first-order valence-corrected chi connectivity index (χ1v) is 16.4. The monoisotopic (exact) mass is 594 g/mol. The molecular formula is C32H50F4N6. The molecule has 2 saturated heterocycles. The molecule has 0 spiro atoms. The van der Waals surface area contributed by atoms with Crippen molar-refractivity contribution < 1.29 is 17.6 Å². The lowest BCUT2D eigenvalue weighted by Gasteiger charge is -2.41. The van der Waals surface area contributed by atoms with Crippen molar-refractivity contribution in [3.8, 4) is 0 Å². The van der Waals surface area contributed by atoms with E-state index in [-0.39, 0.29) is 6.54 Å². The summed E-state index contributed by atoms with van der Waals surface area (Å²) in [6, 6.07) is 0.844. The van der Waals surface area contributed by atoms with Gasteiger partial charge in [0.25, 0.3) is 0 Å². The summed E-state index contributed by atoms with van der Waals surface area (Å²) < 4.78 is 57.4. The molecule has 2 aromatic rings. The predicted octanol–water partition coefficient (Wildman–Crippen LogP) is 7.18. The molecule has 4 aliphatic rings. The van der Waals surface area contributed by atoms with Gasteiger partial charge in [0.2, 0.25) is 0 Å². The molecule has 6 rings (SSSR count). The highest BCUT2D eigenvalue weighted by molar-refractivity contribution is 5.06. The molecule has 2 aliphatic heterocycles. The molecule has 42 heavy (non-hydrogen) atoms. The first-order chi connectivity index (χ1) is 20.1. The summed E-state index contributed by atoms with van der Waals surface area (Å²) in [5.41, 5.74) is 0.318. The van der Waals surface area contributed by atoms with Crippen LogP contribution in [-0.4, -0.2) is 80.5 Å². The number of hydrogen-bond donors (Lipinski definition) is 0. The Morgan fingerprint density at radius 2 is 1.19 bits per heavy atom. The number of likely N-dealkylation sites (tertiary alicyclic amines) is 2. The van der Waals surface area contributed by atoms with E-state index in [9.17, 15) is 17.6 Å². The molecule has 0 aromatic carbocycles. The van der Waals surface area contributed by atoms with Gasteiger partial charge in [-0.25, -0.2) is 4.39 Å². The van der Waals surface area contributed by atoms with Gasteiger partial charge in [0.15, 0.2) is 0 Å². The zero-order valence-electron chi connectivity index (χ0n) is 25.6. The van der Waals surface area contributed by atoms with Gasteiger partial charge in [-0.2, -0.15) is 23.4 Å². The van der Waals surface area contributed by atoms with Gasteiger partial charge in [-0.15, -0.1) is 0 Å². The minimum atomic E-state index is -4.04. The second kappa shape index (κ2) is 13.4. The van der Waals surface area contributed by atoms with E-state index in [1.165, 1.54) is 17.5 Å². The lowest BCUT2D eigenvalue weighted by Crippen LogP contribution is -2.47. The second-order valence-electron chi connectivity index (χ2n) is 13.5. The van der Waals surface area contributed by atoms with Crippen molar-refractivity contribution in [2.75, 3.05) is 39.3 Å². The lowest BCUT2D eigenvalue weighted by molar-refractivity contribution is -0.192. The van der Waals surface area contributed by atoms with Crippen LogP contribution in [-0.2, 0) is 12.8 Å². The Bertz CT molecular complexity index is 1100. The number of hydrogen-bond acceptors (Lipinski definition) is 4. The zero-order chi connectivity index (χ0) is 29.8. The van der Waals surface area contributed by atoms with E-state index < -0.39 is 17.3 Å². The fraction of sp³-hybridized carbons (Fsp3) is 0.812. The number of halogens is 4. The first kappa shape index (κ1) is 31.5. The molecule has 2 aromatic heterocycles. The Morgan fingerprint density at radius 1 is 0.738 bits per heavy atom. The number of aromatic nitrogens is 4. The van der Waals surface area contributed by atoms with E-state index in [1.807, 2.05) is 22.0 Å². The highest BCUT2D eigenvalue weighted by atomic mass is 19.4. The number of rotatable bonds is 10. The van der Waals surface area contributed by atoms with E-state index in [1.54, 1.807) is 0 Å². The summed E-state index contributed by atoms with van der Waals surface area (Å²) in [5, 5.41) is 8.94. The SMILES string of the molecule is CCCc1cnn(C2CCN(CC3(C(F)(F)F)CC3)CC2)c1.CCCc1cnn(C2CCN(CC3(F)CCC3)CC2)c1. The van der Waals surface area contributed by atoms with E-state index in [4.69, 9.17) is 0 Å². The molecule has 2 saturated carbocycles. The Hall–Kier alpha value is -1.94. The third kappa shape index (κ3) is 7.76. The van der Waals surface area contributed by atoms with E-state index in [0.717, 1.165) is 90.4 Å². The molecule has 0 N–H and O–H groups in total. The van der Waals surface area contributed by atoms with Crippen LogP contribution in [0.25, 0.3) is 0 Å². The average molecular weight is 595 g/mol. The van der Waals surface area contributed by atoms with Crippen LogP contribution in [0.4, 0.5) is 17.6 Å². The normalized spacial score (nSPS) is 23.3. The lowest BCUT2D eigenvalue weighted by atomic mass is 9.81. The van der Waals surface area contributed by atoms with Crippen molar-refractivity contribution in [2.24, 2.45) is 5.41 Å². The zero-order valence-corrected chi connectivity index (χ0v) is 25.6. The van der Waals surface area contributed by atoms with Crippen LogP contribution in [0.2, 0.25) is 0 Å².